The normalized spacial score (nSPS) is 21.1. The number of nitrogens with zero attached hydrogens (tertiary/aromatic N) is 2. The van der Waals surface area contributed by atoms with Crippen LogP contribution in [0.15, 0.2) is 0 Å². The van der Waals surface area contributed by atoms with E-state index in [0.717, 1.165) is 19.0 Å². The Kier molecular flexibility index (Phi) is 5.67. The number of hydrogen-bond donors (Lipinski definition) is 1. The molecule has 1 fully saturated rings. The molecule has 1 heterocycles. The molecule has 1 unspecified atom stereocenters. The summed E-state index contributed by atoms with van der Waals surface area (Å²) in [4.78, 5) is 2.45. The minimum atomic E-state index is 0.440. The Labute approximate surface area is 93.5 Å². The van der Waals surface area contributed by atoms with E-state index in [1.165, 1.54) is 25.9 Å². The molecule has 0 spiro atoms. The molecule has 0 aliphatic carbocycles. The standard InChI is InChI=1S/C12H23N3/c1-3-14-10-12-5-8-15(9-6-12)11(2)4-7-13/h11-12,14H,3-6,8-10H2,1-2H3. The Hall–Kier alpha value is -0.590. The van der Waals surface area contributed by atoms with Crippen LogP contribution in [0.4, 0.5) is 0 Å². The van der Waals surface area contributed by atoms with E-state index < -0.39 is 0 Å². The quantitative estimate of drug-likeness (QED) is 0.747. The number of likely N-dealkylation sites (tertiary alicyclic amines) is 1. The van der Waals surface area contributed by atoms with Gasteiger partial charge in [-0.3, -0.25) is 4.90 Å². The first kappa shape index (κ1) is 12.5. The van der Waals surface area contributed by atoms with Crippen molar-refractivity contribution in [2.45, 2.75) is 39.2 Å². The zero-order valence-corrected chi connectivity index (χ0v) is 10.00. The topological polar surface area (TPSA) is 39.1 Å². The lowest BCUT2D eigenvalue weighted by Gasteiger charge is -2.35. The summed E-state index contributed by atoms with van der Waals surface area (Å²) in [5.74, 6) is 0.843. The number of rotatable bonds is 5. The van der Waals surface area contributed by atoms with Crippen LogP contribution in [0.5, 0.6) is 0 Å². The third-order valence-corrected chi connectivity index (χ3v) is 3.34. The maximum Gasteiger partial charge on any atom is 0.0638 e. The van der Waals surface area contributed by atoms with Crippen LogP contribution >= 0.6 is 0 Å². The Morgan fingerprint density at radius 1 is 1.47 bits per heavy atom. The van der Waals surface area contributed by atoms with Crippen LogP contribution in [-0.2, 0) is 0 Å². The van der Waals surface area contributed by atoms with Crippen LogP contribution in [0.1, 0.15) is 33.1 Å². The van der Waals surface area contributed by atoms with Gasteiger partial charge >= 0.3 is 0 Å². The highest BCUT2D eigenvalue weighted by atomic mass is 15.2. The summed E-state index contributed by atoms with van der Waals surface area (Å²) in [7, 11) is 0. The van der Waals surface area contributed by atoms with E-state index in [0.29, 0.717) is 12.5 Å². The monoisotopic (exact) mass is 209 g/mol. The summed E-state index contributed by atoms with van der Waals surface area (Å²) in [5, 5.41) is 12.1. The minimum Gasteiger partial charge on any atom is -0.317 e. The van der Waals surface area contributed by atoms with Gasteiger partial charge < -0.3 is 5.32 Å². The van der Waals surface area contributed by atoms with Crippen molar-refractivity contribution in [2.24, 2.45) is 5.92 Å². The average molecular weight is 209 g/mol. The van der Waals surface area contributed by atoms with E-state index >= 15 is 0 Å². The van der Waals surface area contributed by atoms with Gasteiger partial charge in [-0.2, -0.15) is 5.26 Å². The molecule has 0 bridgehead atoms. The summed E-state index contributed by atoms with van der Waals surface area (Å²) in [6.07, 6.45) is 3.23. The molecule has 86 valence electrons. The fourth-order valence-electron chi connectivity index (χ4n) is 2.21. The number of nitrogens with one attached hydrogen (secondary N) is 1. The largest absolute Gasteiger partial charge is 0.317 e. The van der Waals surface area contributed by atoms with Gasteiger partial charge in [0.05, 0.1) is 12.5 Å². The lowest BCUT2D eigenvalue weighted by atomic mass is 9.95. The van der Waals surface area contributed by atoms with Crippen molar-refractivity contribution >= 4 is 0 Å². The van der Waals surface area contributed by atoms with E-state index in [1.807, 2.05) is 0 Å². The number of piperidine rings is 1. The molecule has 1 aliphatic heterocycles. The van der Waals surface area contributed by atoms with Gasteiger partial charge in [-0.15, -0.1) is 0 Å². The number of nitriles is 1. The fraction of sp³-hybridized carbons (Fsp3) is 0.917. The summed E-state index contributed by atoms with van der Waals surface area (Å²) < 4.78 is 0. The second kappa shape index (κ2) is 6.81. The van der Waals surface area contributed by atoms with Crippen LogP contribution in [0.25, 0.3) is 0 Å². The molecule has 0 aromatic heterocycles. The van der Waals surface area contributed by atoms with Gasteiger partial charge in [-0.1, -0.05) is 6.92 Å². The van der Waals surface area contributed by atoms with Crippen molar-refractivity contribution < 1.29 is 0 Å². The maximum absolute atomic E-state index is 8.65. The van der Waals surface area contributed by atoms with Crippen molar-refractivity contribution in [2.75, 3.05) is 26.2 Å². The summed E-state index contributed by atoms with van der Waals surface area (Å²) in [6.45, 7) is 8.89. The van der Waals surface area contributed by atoms with Gasteiger partial charge in [0.1, 0.15) is 0 Å². The van der Waals surface area contributed by atoms with Crippen molar-refractivity contribution in [3.8, 4) is 6.07 Å². The highest BCUT2D eigenvalue weighted by molar-refractivity contribution is 4.83. The first-order chi connectivity index (χ1) is 7.27. The predicted molar refractivity (Wildman–Crippen MR) is 62.5 cm³/mol. The predicted octanol–water partition coefficient (Wildman–Crippen LogP) is 1.61. The molecule has 1 N–H and O–H groups in total. The second-order valence-electron chi connectivity index (χ2n) is 4.50. The third kappa shape index (κ3) is 4.19. The molecular formula is C12H23N3. The second-order valence-corrected chi connectivity index (χ2v) is 4.50. The van der Waals surface area contributed by atoms with E-state index in [-0.39, 0.29) is 0 Å². The molecule has 1 saturated heterocycles. The van der Waals surface area contributed by atoms with Gasteiger partial charge in [0, 0.05) is 6.04 Å². The first-order valence-electron chi connectivity index (χ1n) is 6.09. The molecule has 0 amide bonds. The fourth-order valence-corrected chi connectivity index (χ4v) is 2.21. The van der Waals surface area contributed by atoms with Gasteiger partial charge in [0.2, 0.25) is 0 Å². The molecule has 1 atom stereocenters. The zero-order chi connectivity index (χ0) is 11.1. The van der Waals surface area contributed by atoms with Crippen molar-refractivity contribution in [3.05, 3.63) is 0 Å². The van der Waals surface area contributed by atoms with Gasteiger partial charge in [0.15, 0.2) is 0 Å². The smallest absolute Gasteiger partial charge is 0.0638 e. The SMILES string of the molecule is CCNCC1CCN(C(C)CC#N)CC1. The maximum atomic E-state index is 8.65. The molecule has 0 aromatic rings. The minimum absolute atomic E-state index is 0.440. The molecule has 0 saturated carbocycles. The van der Waals surface area contributed by atoms with Crippen LogP contribution in [0.3, 0.4) is 0 Å². The summed E-state index contributed by atoms with van der Waals surface area (Å²) in [5.41, 5.74) is 0. The van der Waals surface area contributed by atoms with Crippen LogP contribution in [-0.4, -0.2) is 37.1 Å². The van der Waals surface area contributed by atoms with E-state index in [1.54, 1.807) is 0 Å². The molecule has 0 aromatic carbocycles. The summed E-state index contributed by atoms with van der Waals surface area (Å²) >= 11 is 0. The van der Waals surface area contributed by atoms with Gasteiger partial charge in [0.25, 0.3) is 0 Å². The summed E-state index contributed by atoms with van der Waals surface area (Å²) in [6, 6.07) is 2.70. The molecule has 3 nitrogen and oxygen atoms in total. The molecule has 15 heavy (non-hydrogen) atoms. The molecular weight excluding hydrogens is 186 g/mol. The average Bonchev–Trinajstić information content (AvgIpc) is 2.27. The lowest BCUT2D eigenvalue weighted by Crippen LogP contribution is -2.41. The van der Waals surface area contributed by atoms with Gasteiger partial charge in [-0.25, -0.2) is 0 Å². The van der Waals surface area contributed by atoms with E-state index in [2.05, 4.69) is 30.1 Å². The van der Waals surface area contributed by atoms with Crippen LogP contribution in [0.2, 0.25) is 0 Å². The zero-order valence-electron chi connectivity index (χ0n) is 10.00. The highest BCUT2D eigenvalue weighted by Gasteiger charge is 2.21. The molecule has 1 rings (SSSR count). The van der Waals surface area contributed by atoms with Crippen molar-refractivity contribution in [1.82, 2.24) is 10.2 Å². The first-order valence-corrected chi connectivity index (χ1v) is 6.09. The van der Waals surface area contributed by atoms with Crippen LogP contribution < -0.4 is 5.32 Å². The van der Waals surface area contributed by atoms with Crippen molar-refractivity contribution in [3.63, 3.8) is 0 Å². The number of hydrogen-bond acceptors (Lipinski definition) is 3. The lowest BCUT2D eigenvalue weighted by molar-refractivity contribution is 0.142. The van der Waals surface area contributed by atoms with Gasteiger partial charge in [-0.05, 0) is 51.9 Å². The van der Waals surface area contributed by atoms with Crippen LogP contribution in [0, 0.1) is 17.2 Å². The Morgan fingerprint density at radius 3 is 2.67 bits per heavy atom. The molecule has 1 aliphatic rings. The molecule has 0 radical (unpaired) electrons. The van der Waals surface area contributed by atoms with Crippen molar-refractivity contribution in [1.29, 1.82) is 5.26 Å². The highest BCUT2D eigenvalue weighted by Crippen LogP contribution is 2.19. The Morgan fingerprint density at radius 2 is 2.13 bits per heavy atom. The van der Waals surface area contributed by atoms with E-state index in [4.69, 9.17) is 5.26 Å². The third-order valence-electron chi connectivity index (χ3n) is 3.34. The Bertz CT molecular complexity index is 201. The molecule has 3 heteroatoms. The van der Waals surface area contributed by atoms with E-state index in [9.17, 15) is 0 Å². The Balaban J connectivity index is 2.20.